The number of amides is 2. The number of rotatable bonds is 7. The van der Waals surface area contributed by atoms with Crippen LogP contribution in [0.1, 0.15) is 22.3 Å². The quantitative estimate of drug-likeness (QED) is 0.356. The van der Waals surface area contributed by atoms with Gasteiger partial charge in [0.2, 0.25) is 5.91 Å². The van der Waals surface area contributed by atoms with Crippen LogP contribution in [0.25, 0.3) is 16.5 Å². The first-order valence-electron chi connectivity index (χ1n) is 11.0. The fraction of sp³-hybridized carbons (Fsp3) is 0.148. The number of nitrogens with zero attached hydrogens (tertiary/aromatic N) is 1. The van der Waals surface area contributed by atoms with Crippen LogP contribution in [0.15, 0.2) is 82.2 Å². The molecule has 0 fully saturated rings. The number of aryl methyl sites for hydroxylation is 1. The van der Waals surface area contributed by atoms with Gasteiger partial charge in [-0.1, -0.05) is 40.2 Å². The molecule has 4 aromatic rings. The van der Waals surface area contributed by atoms with Crippen LogP contribution in [-0.2, 0) is 4.79 Å². The number of carbonyl (C=O) groups excluding carboxylic acids is 2. The van der Waals surface area contributed by atoms with Crippen LogP contribution in [0.3, 0.4) is 0 Å². The Balaban J connectivity index is 1.54. The smallest absolute Gasteiger partial charge is 0.262 e. The molecule has 0 saturated carbocycles. The van der Waals surface area contributed by atoms with Gasteiger partial charge in [-0.25, -0.2) is 0 Å². The largest absolute Gasteiger partial charge is 0.497 e. The lowest BCUT2D eigenvalue weighted by molar-refractivity contribution is -0.116. The fourth-order valence-electron chi connectivity index (χ4n) is 3.79. The first-order valence-corrected chi connectivity index (χ1v) is 11.8. The minimum absolute atomic E-state index is 0.106. The molecule has 8 heteroatoms. The van der Waals surface area contributed by atoms with Gasteiger partial charge in [-0.3, -0.25) is 19.0 Å². The van der Waals surface area contributed by atoms with Crippen LogP contribution in [0.4, 0.5) is 5.69 Å². The molecule has 0 bridgehead atoms. The first-order chi connectivity index (χ1) is 16.9. The predicted molar refractivity (Wildman–Crippen MR) is 141 cm³/mol. The zero-order valence-corrected chi connectivity index (χ0v) is 20.9. The van der Waals surface area contributed by atoms with Crippen molar-refractivity contribution in [3.8, 4) is 11.4 Å². The zero-order chi connectivity index (χ0) is 24.9. The van der Waals surface area contributed by atoms with E-state index in [-0.39, 0.29) is 30.3 Å². The number of anilines is 1. The third kappa shape index (κ3) is 5.44. The third-order valence-corrected chi connectivity index (χ3v) is 6.09. The number of fused-ring (bicyclic) bond motifs is 1. The molecule has 1 aromatic heterocycles. The lowest BCUT2D eigenvalue weighted by atomic mass is 10.1. The summed E-state index contributed by atoms with van der Waals surface area (Å²) >= 11 is 3.40. The van der Waals surface area contributed by atoms with Gasteiger partial charge in [0.25, 0.3) is 11.5 Å². The highest BCUT2D eigenvalue weighted by Gasteiger charge is 2.16. The summed E-state index contributed by atoms with van der Waals surface area (Å²) in [5.41, 5.74) is 2.34. The number of halogens is 1. The summed E-state index contributed by atoms with van der Waals surface area (Å²) in [5, 5.41) is 6.63. The Morgan fingerprint density at radius 1 is 1.00 bits per heavy atom. The Hall–Kier alpha value is -3.91. The van der Waals surface area contributed by atoms with Gasteiger partial charge in [-0.2, -0.15) is 0 Å². The highest BCUT2D eigenvalue weighted by molar-refractivity contribution is 9.10. The van der Waals surface area contributed by atoms with E-state index in [2.05, 4.69) is 26.6 Å². The Morgan fingerprint density at radius 3 is 2.51 bits per heavy atom. The highest BCUT2D eigenvalue weighted by Crippen LogP contribution is 2.21. The lowest BCUT2D eigenvalue weighted by Gasteiger charge is -2.13. The Labute approximate surface area is 210 Å². The molecule has 0 radical (unpaired) electrons. The van der Waals surface area contributed by atoms with E-state index in [1.165, 1.54) is 10.8 Å². The molecule has 0 aliphatic carbocycles. The Bertz CT molecular complexity index is 1480. The summed E-state index contributed by atoms with van der Waals surface area (Å²) in [4.78, 5) is 38.7. The standard InChI is InChI=1S/C27H24BrN3O4/c1-17-14-18(28)10-11-24(17)30-25(32)12-13-29-26(33)23-16-31(19-6-5-7-20(15-19)35-2)27(34)22-9-4-3-8-21(22)23/h3-11,14-16H,12-13H2,1-2H3,(H,29,33)(H,30,32). The number of nitrogens with one attached hydrogen (secondary N) is 2. The van der Waals surface area contributed by atoms with E-state index in [4.69, 9.17) is 4.74 Å². The van der Waals surface area contributed by atoms with Gasteiger partial charge < -0.3 is 15.4 Å². The van der Waals surface area contributed by atoms with Crippen LogP contribution < -0.4 is 20.9 Å². The second-order valence-corrected chi connectivity index (χ2v) is 8.89. The number of hydrogen-bond acceptors (Lipinski definition) is 4. The van der Waals surface area contributed by atoms with E-state index in [0.717, 1.165) is 15.7 Å². The van der Waals surface area contributed by atoms with Crippen molar-refractivity contribution in [2.24, 2.45) is 0 Å². The highest BCUT2D eigenvalue weighted by atomic mass is 79.9. The number of ether oxygens (including phenoxy) is 1. The molecule has 3 aromatic carbocycles. The van der Waals surface area contributed by atoms with E-state index in [9.17, 15) is 14.4 Å². The topological polar surface area (TPSA) is 89.4 Å². The maximum absolute atomic E-state index is 13.2. The number of carbonyl (C=O) groups is 2. The van der Waals surface area contributed by atoms with Crippen molar-refractivity contribution < 1.29 is 14.3 Å². The molecular weight excluding hydrogens is 510 g/mol. The minimum atomic E-state index is -0.370. The van der Waals surface area contributed by atoms with Crippen LogP contribution in [-0.4, -0.2) is 30.0 Å². The molecule has 2 N–H and O–H groups in total. The van der Waals surface area contributed by atoms with E-state index in [0.29, 0.717) is 27.8 Å². The molecule has 2 amide bonds. The summed E-state index contributed by atoms with van der Waals surface area (Å²) in [6.45, 7) is 2.05. The number of pyridine rings is 1. The van der Waals surface area contributed by atoms with Crippen molar-refractivity contribution in [2.45, 2.75) is 13.3 Å². The predicted octanol–water partition coefficient (Wildman–Crippen LogP) is 4.83. The summed E-state index contributed by atoms with van der Waals surface area (Å²) in [6.07, 6.45) is 1.63. The van der Waals surface area contributed by atoms with Gasteiger partial charge >= 0.3 is 0 Å². The van der Waals surface area contributed by atoms with Crippen LogP contribution in [0, 0.1) is 6.92 Å². The van der Waals surface area contributed by atoms with Gasteiger partial charge in [0, 0.05) is 46.2 Å². The molecule has 0 aliphatic heterocycles. The molecule has 1 heterocycles. The molecule has 178 valence electrons. The fourth-order valence-corrected chi connectivity index (χ4v) is 4.26. The summed E-state index contributed by atoms with van der Waals surface area (Å²) < 4.78 is 7.64. The third-order valence-electron chi connectivity index (χ3n) is 5.60. The van der Waals surface area contributed by atoms with Crippen LogP contribution >= 0.6 is 15.9 Å². The molecule has 0 atom stereocenters. The van der Waals surface area contributed by atoms with Gasteiger partial charge in [-0.05, 0) is 48.9 Å². The Morgan fingerprint density at radius 2 is 1.77 bits per heavy atom. The number of methoxy groups -OCH3 is 1. The van der Waals surface area contributed by atoms with Crippen molar-refractivity contribution >= 4 is 44.2 Å². The van der Waals surface area contributed by atoms with Crippen LogP contribution in [0.5, 0.6) is 5.75 Å². The van der Waals surface area contributed by atoms with Crippen molar-refractivity contribution in [1.29, 1.82) is 0 Å². The minimum Gasteiger partial charge on any atom is -0.497 e. The molecule has 4 rings (SSSR count). The first kappa shape index (κ1) is 24.2. The average molecular weight is 534 g/mol. The lowest BCUT2D eigenvalue weighted by Crippen LogP contribution is -2.30. The molecule has 0 spiro atoms. The van der Waals surface area contributed by atoms with Crippen LogP contribution in [0.2, 0.25) is 0 Å². The maximum Gasteiger partial charge on any atom is 0.262 e. The summed E-state index contributed by atoms with van der Waals surface area (Å²) in [6, 6.07) is 19.6. The molecule has 7 nitrogen and oxygen atoms in total. The average Bonchev–Trinajstić information content (AvgIpc) is 2.86. The number of hydrogen-bond donors (Lipinski definition) is 2. The van der Waals surface area contributed by atoms with Gasteiger partial charge in [0.1, 0.15) is 5.75 Å². The van der Waals surface area contributed by atoms with Crippen molar-refractivity contribution in [3.05, 3.63) is 98.9 Å². The van der Waals surface area contributed by atoms with Crippen molar-refractivity contribution in [3.63, 3.8) is 0 Å². The summed E-state index contributed by atoms with van der Waals surface area (Å²) in [7, 11) is 1.55. The SMILES string of the molecule is COc1cccc(-n2cc(C(=O)NCCC(=O)Nc3ccc(Br)cc3C)c3ccccc3c2=O)c1. The number of benzene rings is 3. The molecule has 0 saturated heterocycles. The molecule has 0 unspecified atom stereocenters. The molecule has 0 aliphatic rings. The Kier molecular flexibility index (Phi) is 7.31. The molecule has 35 heavy (non-hydrogen) atoms. The van der Waals surface area contributed by atoms with Gasteiger partial charge in [0.15, 0.2) is 0 Å². The molecular formula is C27H24BrN3O4. The van der Waals surface area contributed by atoms with E-state index < -0.39 is 0 Å². The van der Waals surface area contributed by atoms with E-state index in [1.807, 2.05) is 25.1 Å². The second kappa shape index (κ2) is 10.6. The van der Waals surface area contributed by atoms with E-state index in [1.54, 1.807) is 55.6 Å². The normalized spacial score (nSPS) is 10.7. The maximum atomic E-state index is 13.2. The van der Waals surface area contributed by atoms with Gasteiger partial charge in [-0.15, -0.1) is 0 Å². The van der Waals surface area contributed by atoms with E-state index >= 15 is 0 Å². The second-order valence-electron chi connectivity index (χ2n) is 7.98. The van der Waals surface area contributed by atoms with Gasteiger partial charge in [0.05, 0.1) is 18.4 Å². The number of aromatic nitrogens is 1. The van der Waals surface area contributed by atoms with Crippen molar-refractivity contribution in [1.82, 2.24) is 9.88 Å². The zero-order valence-electron chi connectivity index (χ0n) is 19.3. The van der Waals surface area contributed by atoms with Crippen molar-refractivity contribution in [2.75, 3.05) is 19.0 Å². The monoisotopic (exact) mass is 533 g/mol. The summed E-state index contributed by atoms with van der Waals surface area (Å²) in [5.74, 6) is 0.0213.